The van der Waals surface area contributed by atoms with Crippen LogP contribution in [0, 0.1) is 0 Å². The van der Waals surface area contributed by atoms with Gasteiger partial charge in [-0.3, -0.25) is 9.59 Å². The zero-order valence-electron chi connectivity index (χ0n) is 9.59. The summed E-state index contributed by atoms with van der Waals surface area (Å²) in [6.45, 7) is 0.621. The molecule has 0 aromatic carbocycles. The third kappa shape index (κ3) is 5.74. The summed E-state index contributed by atoms with van der Waals surface area (Å²) in [4.78, 5) is 24.8. The minimum atomic E-state index is -0.822. The predicted molar refractivity (Wildman–Crippen MR) is 70.4 cm³/mol. The quantitative estimate of drug-likeness (QED) is 0.771. The standard InChI is InChI=1S/C11H15NO3S2/c1-12(7-9-3-2-5-17-9)10(13)8-16-6-4-11(14)15/h2-3,5H,4,6-8H2,1H3,(H,14,15). The van der Waals surface area contributed by atoms with Crippen molar-refractivity contribution in [3.63, 3.8) is 0 Å². The van der Waals surface area contributed by atoms with Gasteiger partial charge in [0, 0.05) is 17.7 Å². The molecule has 6 heteroatoms. The lowest BCUT2D eigenvalue weighted by molar-refractivity contribution is -0.136. The lowest BCUT2D eigenvalue weighted by atomic mass is 10.4. The van der Waals surface area contributed by atoms with Crippen LogP contribution >= 0.6 is 23.1 Å². The summed E-state index contributed by atoms with van der Waals surface area (Å²) in [6, 6.07) is 3.95. The SMILES string of the molecule is CN(Cc1cccs1)C(=O)CSCCC(=O)O. The lowest BCUT2D eigenvalue weighted by Gasteiger charge is -2.15. The van der Waals surface area contributed by atoms with Crippen molar-refractivity contribution in [1.29, 1.82) is 0 Å². The van der Waals surface area contributed by atoms with Crippen LogP contribution in [0.25, 0.3) is 0 Å². The number of hydrogen-bond acceptors (Lipinski definition) is 4. The summed E-state index contributed by atoms with van der Waals surface area (Å²) in [5.74, 6) is 0.0361. The predicted octanol–water partition coefficient (Wildman–Crippen LogP) is 1.91. The summed E-state index contributed by atoms with van der Waals surface area (Å²) >= 11 is 2.98. The molecule has 0 radical (unpaired) electrons. The zero-order valence-corrected chi connectivity index (χ0v) is 11.2. The minimum Gasteiger partial charge on any atom is -0.481 e. The summed E-state index contributed by atoms with van der Waals surface area (Å²) in [7, 11) is 1.76. The fourth-order valence-electron chi connectivity index (χ4n) is 1.15. The van der Waals surface area contributed by atoms with Crippen molar-refractivity contribution in [1.82, 2.24) is 4.90 Å². The van der Waals surface area contributed by atoms with Crippen LogP contribution in [0.15, 0.2) is 17.5 Å². The fourth-order valence-corrected chi connectivity index (χ4v) is 2.77. The Kier molecular flexibility index (Phi) is 6.07. The van der Waals surface area contributed by atoms with Crippen molar-refractivity contribution in [3.05, 3.63) is 22.4 Å². The topological polar surface area (TPSA) is 57.6 Å². The van der Waals surface area contributed by atoms with Gasteiger partial charge >= 0.3 is 5.97 Å². The lowest BCUT2D eigenvalue weighted by Crippen LogP contribution is -2.27. The Balaban J connectivity index is 2.20. The average molecular weight is 273 g/mol. The summed E-state index contributed by atoms with van der Waals surface area (Å²) in [6.07, 6.45) is 0.104. The molecular weight excluding hydrogens is 258 g/mol. The molecule has 0 unspecified atom stereocenters. The number of carboxylic acids is 1. The van der Waals surface area contributed by atoms with Crippen LogP contribution in [0.5, 0.6) is 0 Å². The maximum atomic E-state index is 11.7. The molecule has 0 saturated carbocycles. The Hall–Kier alpha value is -1.01. The van der Waals surface area contributed by atoms with Crippen molar-refractivity contribution in [3.8, 4) is 0 Å². The normalized spacial score (nSPS) is 10.2. The van der Waals surface area contributed by atoms with Crippen LogP contribution in [0.4, 0.5) is 0 Å². The number of thiophene rings is 1. The number of hydrogen-bond donors (Lipinski definition) is 1. The van der Waals surface area contributed by atoms with Crippen LogP contribution in [0.2, 0.25) is 0 Å². The maximum absolute atomic E-state index is 11.7. The van der Waals surface area contributed by atoms with E-state index in [9.17, 15) is 9.59 Å². The zero-order chi connectivity index (χ0) is 12.7. The van der Waals surface area contributed by atoms with Gasteiger partial charge in [-0.15, -0.1) is 11.3 Å². The fraction of sp³-hybridized carbons (Fsp3) is 0.455. The highest BCUT2D eigenvalue weighted by Gasteiger charge is 2.10. The molecule has 1 aromatic heterocycles. The molecule has 1 rings (SSSR count). The van der Waals surface area contributed by atoms with Gasteiger partial charge in [-0.2, -0.15) is 11.8 Å². The highest BCUT2D eigenvalue weighted by Crippen LogP contribution is 2.12. The van der Waals surface area contributed by atoms with E-state index in [0.29, 0.717) is 18.1 Å². The van der Waals surface area contributed by atoms with Gasteiger partial charge < -0.3 is 10.0 Å². The van der Waals surface area contributed by atoms with E-state index in [-0.39, 0.29) is 12.3 Å². The molecule has 0 aliphatic carbocycles. The number of aliphatic carboxylic acids is 1. The molecule has 1 amide bonds. The van der Waals surface area contributed by atoms with Crippen LogP contribution in [-0.2, 0) is 16.1 Å². The van der Waals surface area contributed by atoms with E-state index < -0.39 is 5.97 Å². The Bertz CT molecular complexity index is 365. The minimum absolute atomic E-state index is 0.0359. The monoisotopic (exact) mass is 273 g/mol. The van der Waals surface area contributed by atoms with E-state index >= 15 is 0 Å². The van der Waals surface area contributed by atoms with Gasteiger partial charge in [0.1, 0.15) is 0 Å². The number of thioether (sulfide) groups is 1. The second-order valence-electron chi connectivity index (χ2n) is 3.53. The van der Waals surface area contributed by atoms with Crippen molar-refractivity contribution in [2.75, 3.05) is 18.6 Å². The molecule has 0 spiro atoms. The molecule has 0 aliphatic heterocycles. The van der Waals surface area contributed by atoms with E-state index in [1.54, 1.807) is 23.3 Å². The van der Waals surface area contributed by atoms with E-state index in [1.165, 1.54) is 11.8 Å². The molecule has 0 atom stereocenters. The molecule has 4 nitrogen and oxygen atoms in total. The Morgan fingerprint density at radius 2 is 2.29 bits per heavy atom. The van der Waals surface area contributed by atoms with Crippen molar-refractivity contribution in [2.45, 2.75) is 13.0 Å². The first kappa shape index (κ1) is 14.1. The first-order chi connectivity index (χ1) is 8.09. The number of nitrogens with zero attached hydrogens (tertiary/aromatic N) is 1. The number of amides is 1. The smallest absolute Gasteiger partial charge is 0.304 e. The summed E-state index contributed by atoms with van der Waals surface area (Å²) < 4.78 is 0. The van der Waals surface area contributed by atoms with Gasteiger partial charge in [0.05, 0.1) is 18.7 Å². The van der Waals surface area contributed by atoms with Crippen molar-refractivity contribution >= 4 is 35.0 Å². The van der Waals surface area contributed by atoms with E-state index in [4.69, 9.17) is 5.11 Å². The first-order valence-corrected chi connectivity index (χ1v) is 7.19. The van der Waals surface area contributed by atoms with E-state index in [2.05, 4.69) is 0 Å². The molecule has 17 heavy (non-hydrogen) atoms. The van der Waals surface area contributed by atoms with E-state index in [0.717, 1.165) is 4.88 Å². The molecule has 1 aromatic rings. The highest BCUT2D eigenvalue weighted by atomic mass is 32.2. The van der Waals surface area contributed by atoms with Crippen LogP contribution in [0.1, 0.15) is 11.3 Å². The van der Waals surface area contributed by atoms with E-state index in [1.807, 2.05) is 17.5 Å². The van der Waals surface area contributed by atoms with Crippen molar-refractivity contribution < 1.29 is 14.7 Å². The Morgan fingerprint density at radius 1 is 1.53 bits per heavy atom. The van der Waals surface area contributed by atoms with Crippen LogP contribution < -0.4 is 0 Å². The Morgan fingerprint density at radius 3 is 2.88 bits per heavy atom. The molecule has 1 N–H and O–H groups in total. The summed E-state index contributed by atoms with van der Waals surface area (Å²) in [5.41, 5.74) is 0. The highest BCUT2D eigenvalue weighted by molar-refractivity contribution is 7.99. The van der Waals surface area contributed by atoms with Crippen LogP contribution in [0.3, 0.4) is 0 Å². The third-order valence-electron chi connectivity index (χ3n) is 2.08. The third-order valence-corrected chi connectivity index (χ3v) is 3.89. The second-order valence-corrected chi connectivity index (χ2v) is 5.66. The van der Waals surface area contributed by atoms with Gasteiger partial charge in [0.15, 0.2) is 0 Å². The van der Waals surface area contributed by atoms with Crippen LogP contribution in [-0.4, -0.2) is 40.4 Å². The van der Waals surface area contributed by atoms with Gasteiger partial charge in [-0.1, -0.05) is 6.07 Å². The second kappa shape index (κ2) is 7.34. The molecule has 94 valence electrons. The van der Waals surface area contributed by atoms with Gasteiger partial charge in [-0.05, 0) is 11.4 Å². The maximum Gasteiger partial charge on any atom is 0.304 e. The first-order valence-electron chi connectivity index (χ1n) is 5.15. The molecule has 0 aliphatic rings. The van der Waals surface area contributed by atoms with Gasteiger partial charge in [-0.25, -0.2) is 0 Å². The summed E-state index contributed by atoms with van der Waals surface area (Å²) in [5, 5.41) is 10.4. The number of carboxylic acid groups (broad SMARTS) is 1. The molecule has 0 bridgehead atoms. The average Bonchev–Trinajstić information content (AvgIpc) is 2.76. The van der Waals surface area contributed by atoms with Crippen molar-refractivity contribution in [2.24, 2.45) is 0 Å². The largest absolute Gasteiger partial charge is 0.481 e. The number of rotatable bonds is 7. The van der Waals surface area contributed by atoms with Gasteiger partial charge in [0.25, 0.3) is 0 Å². The Labute approximate surface area is 109 Å². The number of carbonyl (C=O) groups excluding carboxylic acids is 1. The molecule has 1 heterocycles. The number of carbonyl (C=O) groups is 2. The molecule has 0 saturated heterocycles. The molecular formula is C11H15NO3S2. The van der Waals surface area contributed by atoms with Gasteiger partial charge in [0.2, 0.25) is 5.91 Å². The molecule has 0 fully saturated rings.